The number of anilines is 1. The van der Waals surface area contributed by atoms with Crippen LogP contribution in [0.25, 0.3) is 0 Å². The largest absolute Gasteiger partial charge is 0.382 e. The topological polar surface area (TPSA) is 125 Å². The zero-order chi connectivity index (χ0) is 26.3. The molecule has 1 aromatic rings. The van der Waals surface area contributed by atoms with E-state index in [0.717, 1.165) is 11.3 Å². The van der Waals surface area contributed by atoms with Crippen LogP contribution in [0.5, 0.6) is 0 Å². The summed E-state index contributed by atoms with van der Waals surface area (Å²) in [6.45, 7) is 5.45. The van der Waals surface area contributed by atoms with Gasteiger partial charge < -0.3 is 33.9 Å². The SMILES string of the molecule is C#CCOCCOCCOCCOCCOCCNc1cccc2c1CN(C1CCC(=O)NC1=O)C2=O. The molecule has 11 heteroatoms. The van der Waals surface area contributed by atoms with E-state index in [4.69, 9.17) is 30.1 Å². The first-order valence-electron chi connectivity index (χ1n) is 12.4. The fourth-order valence-electron chi connectivity index (χ4n) is 4.02. The fraction of sp³-hybridized carbons (Fsp3) is 0.577. The van der Waals surface area contributed by atoms with Crippen LogP contribution < -0.4 is 10.6 Å². The average molecular weight is 518 g/mol. The summed E-state index contributed by atoms with van der Waals surface area (Å²) in [6.07, 6.45) is 5.65. The Kier molecular flexibility index (Phi) is 12.3. The van der Waals surface area contributed by atoms with E-state index >= 15 is 0 Å². The standard InChI is InChI=1S/C26H35N3O8/c1-2-9-33-11-13-35-15-17-37-18-16-36-14-12-34-10-8-27-22-5-3-4-20-21(22)19-29(26(20)32)23-6-7-24(30)28-25(23)31/h1,3-5,23,27H,6-19H2,(H,28,30,31). The molecule has 202 valence electrons. The number of ether oxygens (including phenoxy) is 5. The molecule has 1 saturated heterocycles. The number of piperidine rings is 1. The normalized spacial score (nSPS) is 17.0. The van der Waals surface area contributed by atoms with Crippen LogP contribution in [0.15, 0.2) is 18.2 Å². The van der Waals surface area contributed by atoms with Crippen molar-refractivity contribution in [3.8, 4) is 12.3 Å². The van der Waals surface area contributed by atoms with Gasteiger partial charge in [0.15, 0.2) is 0 Å². The first kappa shape index (κ1) is 28.6. The van der Waals surface area contributed by atoms with Crippen LogP contribution >= 0.6 is 0 Å². The van der Waals surface area contributed by atoms with Gasteiger partial charge in [0.2, 0.25) is 11.8 Å². The Bertz CT molecular complexity index is 948. The zero-order valence-corrected chi connectivity index (χ0v) is 21.0. The van der Waals surface area contributed by atoms with E-state index in [9.17, 15) is 14.4 Å². The minimum Gasteiger partial charge on any atom is -0.382 e. The van der Waals surface area contributed by atoms with Crippen molar-refractivity contribution in [1.82, 2.24) is 10.2 Å². The highest BCUT2D eigenvalue weighted by atomic mass is 16.6. The maximum Gasteiger partial charge on any atom is 0.255 e. The second-order valence-electron chi connectivity index (χ2n) is 8.36. The number of hydrogen-bond acceptors (Lipinski definition) is 9. The van der Waals surface area contributed by atoms with Crippen molar-refractivity contribution in [3.63, 3.8) is 0 Å². The van der Waals surface area contributed by atoms with Gasteiger partial charge in [-0.25, -0.2) is 0 Å². The lowest BCUT2D eigenvalue weighted by Gasteiger charge is -2.29. The van der Waals surface area contributed by atoms with Gasteiger partial charge in [-0.05, 0) is 18.6 Å². The van der Waals surface area contributed by atoms with Crippen molar-refractivity contribution in [1.29, 1.82) is 0 Å². The van der Waals surface area contributed by atoms with E-state index in [1.807, 2.05) is 12.1 Å². The Morgan fingerprint density at radius 3 is 2.16 bits per heavy atom. The molecule has 0 aliphatic carbocycles. The summed E-state index contributed by atoms with van der Waals surface area (Å²) in [6, 6.07) is 4.85. The number of fused-ring (bicyclic) bond motifs is 1. The Morgan fingerprint density at radius 1 is 0.919 bits per heavy atom. The highest BCUT2D eigenvalue weighted by Gasteiger charge is 2.39. The molecule has 1 atom stereocenters. The molecule has 1 unspecified atom stereocenters. The summed E-state index contributed by atoms with van der Waals surface area (Å²) in [5.41, 5.74) is 2.26. The third kappa shape index (κ3) is 9.10. The van der Waals surface area contributed by atoms with Crippen molar-refractivity contribution in [2.45, 2.75) is 25.4 Å². The molecule has 1 aromatic carbocycles. The Hall–Kier alpha value is -3.01. The number of rotatable bonds is 18. The monoisotopic (exact) mass is 517 g/mol. The number of terminal acetylenes is 1. The Balaban J connectivity index is 1.22. The molecule has 0 saturated carbocycles. The zero-order valence-electron chi connectivity index (χ0n) is 21.0. The summed E-state index contributed by atoms with van der Waals surface area (Å²) in [5.74, 6) is 1.48. The van der Waals surface area contributed by atoms with Crippen LogP contribution in [0.1, 0.15) is 28.8 Å². The lowest BCUT2D eigenvalue weighted by Crippen LogP contribution is -2.52. The van der Waals surface area contributed by atoms with Gasteiger partial charge in [0.05, 0.1) is 59.5 Å². The highest BCUT2D eigenvalue weighted by Crippen LogP contribution is 2.32. The van der Waals surface area contributed by atoms with Crippen molar-refractivity contribution < 1.29 is 38.1 Å². The van der Waals surface area contributed by atoms with Crippen LogP contribution in [-0.4, -0.2) is 101 Å². The molecule has 3 rings (SSSR count). The molecule has 0 aromatic heterocycles. The van der Waals surface area contributed by atoms with Crippen molar-refractivity contribution in [3.05, 3.63) is 29.3 Å². The first-order valence-corrected chi connectivity index (χ1v) is 12.4. The summed E-state index contributed by atoms with van der Waals surface area (Å²) in [7, 11) is 0. The molecule has 0 spiro atoms. The lowest BCUT2D eigenvalue weighted by molar-refractivity contribution is -0.136. The van der Waals surface area contributed by atoms with Gasteiger partial charge in [0, 0.05) is 36.3 Å². The summed E-state index contributed by atoms with van der Waals surface area (Å²) >= 11 is 0. The maximum absolute atomic E-state index is 12.9. The van der Waals surface area contributed by atoms with Gasteiger partial charge in [-0.2, -0.15) is 0 Å². The van der Waals surface area contributed by atoms with E-state index < -0.39 is 11.9 Å². The molecule has 3 amide bonds. The van der Waals surface area contributed by atoms with Crippen LogP contribution in [0.4, 0.5) is 5.69 Å². The number of nitrogens with zero attached hydrogens (tertiary/aromatic N) is 1. The predicted octanol–water partition coefficient (Wildman–Crippen LogP) is 0.576. The van der Waals surface area contributed by atoms with Crippen LogP contribution in [0.3, 0.4) is 0 Å². The quantitative estimate of drug-likeness (QED) is 0.163. The van der Waals surface area contributed by atoms with Crippen LogP contribution in [-0.2, 0) is 39.8 Å². The summed E-state index contributed by atoms with van der Waals surface area (Å²) in [4.78, 5) is 38.1. The molecule has 1 fully saturated rings. The lowest BCUT2D eigenvalue weighted by atomic mass is 10.0. The van der Waals surface area contributed by atoms with Crippen molar-refractivity contribution in [2.24, 2.45) is 0 Å². The van der Waals surface area contributed by atoms with E-state index in [0.29, 0.717) is 91.1 Å². The van der Waals surface area contributed by atoms with Crippen molar-refractivity contribution in [2.75, 3.05) is 77.9 Å². The molecule has 11 nitrogen and oxygen atoms in total. The molecule has 2 heterocycles. The summed E-state index contributed by atoms with van der Waals surface area (Å²) < 4.78 is 26.9. The van der Waals surface area contributed by atoms with Crippen LogP contribution in [0, 0.1) is 12.3 Å². The minimum absolute atomic E-state index is 0.191. The van der Waals surface area contributed by atoms with E-state index in [1.54, 1.807) is 11.0 Å². The smallest absolute Gasteiger partial charge is 0.255 e. The Morgan fingerprint density at radius 2 is 1.54 bits per heavy atom. The second kappa shape index (κ2) is 16.0. The second-order valence-corrected chi connectivity index (χ2v) is 8.36. The highest BCUT2D eigenvalue weighted by molar-refractivity contribution is 6.06. The van der Waals surface area contributed by atoms with E-state index in [2.05, 4.69) is 16.6 Å². The molecule has 2 N–H and O–H groups in total. The number of benzene rings is 1. The maximum atomic E-state index is 12.9. The van der Waals surface area contributed by atoms with E-state index in [-0.39, 0.29) is 18.2 Å². The molecular weight excluding hydrogens is 482 g/mol. The first-order chi connectivity index (χ1) is 18.1. The van der Waals surface area contributed by atoms with E-state index in [1.165, 1.54) is 0 Å². The number of carbonyl (C=O) groups excluding carboxylic acids is 3. The Labute approximate surface area is 217 Å². The van der Waals surface area contributed by atoms with Gasteiger partial charge in [-0.3, -0.25) is 19.7 Å². The molecule has 37 heavy (non-hydrogen) atoms. The number of amides is 3. The number of carbonyl (C=O) groups is 3. The molecule has 2 aliphatic rings. The third-order valence-electron chi connectivity index (χ3n) is 5.82. The molecular formula is C26H35N3O8. The predicted molar refractivity (Wildman–Crippen MR) is 134 cm³/mol. The average Bonchev–Trinajstić information content (AvgIpc) is 3.22. The fourth-order valence-corrected chi connectivity index (χ4v) is 4.02. The number of imide groups is 1. The van der Waals surface area contributed by atoms with Crippen LogP contribution in [0.2, 0.25) is 0 Å². The van der Waals surface area contributed by atoms with Gasteiger partial charge in [-0.15, -0.1) is 6.42 Å². The van der Waals surface area contributed by atoms with Gasteiger partial charge in [0.1, 0.15) is 12.6 Å². The number of nitrogens with one attached hydrogen (secondary N) is 2. The van der Waals surface area contributed by atoms with Gasteiger partial charge in [0.25, 0.3) is 5.91 Å². The minimum atomic E-state index is -0.628. The van der Waals surface area contributed by atoms with Gasteiger partial charge >= 0.3 is 0 Å². The van der Waals surface area contributed by atoms with Gasteiger partial charge in [-0.1, -0.05) is 12.0 Å². The summed E-state index contributed by atoms with van der Waals surface area (Å²) in [5, 5.41) is 5.63. The van der Waals surface area contributed by atoms with Crippen molar-refractivity contribution >= 4 is 23.4 Å². The molecule has 2 aliphatic heterocycles. The molecule has 0 bridgehead atoms. The number of hydrogen-bond donors (Lipinski definition) is 2. The molecule has 0 radical (unpaired) electrons. The third-order valence-corrected chi connectivity index (χ3v) is 5.82.